The third-order valence-corrected chi connectivity index (χ3v) is 5.11. The fourth-order valence-electron chi connectivity index (χ4n) is 3.36. The van der Waals surface area contributed by atoms with Crippen molar-refractivity contribution in [2.75, 3.05) is 13.1 Å². The molecule has 2 N–H and O–H groups in total. The van der Waals surface area contributed by atoms with E-state index in [0.717, 1.165) is 12.0 Å². The summed E-state index contributed by atoms with van der Waals surface area (Å²) in [5.41, 5.74) is 0.613. The van der Waals surface area contributed by atoms with Crippen LogP contribution in [0.2, 0.25) is 0 Å². The number of likely N-dealkylation sites (tertiary alicyclic amines) is 1. The van der Waals surface area contributed by atoms with Gasteiger partial charge in [-0.15, -0.1) is 0 Å². The summed E-state index contributed by atoms with van der Waals surface area (Å²) in [6.07, 6.45) is 2.95. The highest BCUT2D eigenvalue weighted by molar-refractivity contribution is 5.80. The van der Waals surface area contributed by atoms with Crippen molar-refractivity contribution in [1.82, 2.24) is 10.2 Å². The molecule has 27 heavy (non-hydrogen) atoms. The predicted molar refractivity (Wildman–Crippen MR) is 103 cm³/mol. The minimum atomic E-state index is -0.861. The topological polar surface area (TPSA) is 86.7 Å². The Morgan fingerprint density at radius 3 is 2.33 bits per heavy atom. The van der Waals surface area contributed by atoms with Crippen molar-refractivity contribution < 1.29 is 19.5 Å². The molecule has 2 rings (SSSR count). The molecular weight excluding hydrogens is 344 g/mol. The molecule has 1 aliphatic heterocycles. The van der Waals surface area contributed by atoms with Crippen molar-refractivity contribution >= 4 is 17.8 Å². The molecule has 1 heterocycles. The quantitative estimate of drug-likeness (QED) is 0.732. The maximum Gasteiger partial charge on any atom is 0.303 e. The van der Waals surface area contributed by atoms with Crippen LogP contribution in [-0.4, -0.2) is 46.4 Å². The lowest BCUT2D eigenvalue weighted by atomic mass is 9.92. The summed E-state index contributed by atoms with van der Waals surface area (Å²) in [4.78, 5) is 37.5. The largest absolute Gasteiger partial charge is 0.481 e. The minimum absolute atomic E-state index is 0.0294. The van der Waals surface area contributed by atoms with Crippen molar-refractivity contribution in [1.29, 1.82) is 0 Å². The van der Waals surface area contributed by atoms with E-state index >= 15 is 0 Å². The first-order valence-electron chi connectivity index (χ1n) is 9.62. The van der Waals surface area contributed by atoms with Crippen molar-refractivity contribution in [3.63, 3.8) is 0 Å². The van der Waals surface area contributed by atoms with Crippen molar-refractivity contribution in [3.05, 3.63) is 35.9 Å². The summed E-state index contributed by atoms with van der Waals surface area (Å²) in [7, 11) is 0. The molecule has 0 radical (unpaired) electrons. The number of carbonyl (C=O) groups excluding carboxylic acids is 2. The molecule has 0 atom stereocenters. The summed E-state index contributed by atoms with van der Waals surface area (Å²) in [6, 6.07) is 9.96. The summed E-state index contributed by atoms with van der Waals surface area (Å²) < 4.78 is 0. The lowest BCUT2D eigenvalue weighted by Gasteiger charge is -2.34. The molecule has 1 aliphatic rings. The van der Waals surface area contributed by atoms with Gasteiger partial charge in [-0.1, -0.05) is 30.3 Å². The van der Waals surface area contributed by atoms with Crippen LogP contribution < -0.4 is 5.32 Å². The van der Waals surface area contributed by atoms with Crippen LogP contribution in [0, 0.1) is 5.92 Å². The summed E-state index contributed by atoms with van der Waals surface area (Å²) >= 11 is 0. The lowest BCUT2D eigenvalue weighted by molar-refractivity contribution is -0.138. The molecule has 0 saturated carbocycles. The second-order valence-electron chi connectivity index (χ2n) is 7.91. The van der Waals surface area contributed by atoms with Gasteiger partial charge in [-0.3, -0.25) is 14.4 Å². The number of aliphatic carboxylic acids is 1. The number of amides is 2. The average molecular weight is 374 g/mol. The highest BCUT2D eigenvalue weighted by atomic mass is 16.4. The van der Waals surface area contributed by atoms with Gasteiger partial charge in [-0.05, 0) is 45.1 Å². The molecule has 6 nitrogen and oxygen atoms in total. The first kappa shape index (κ1) is 20.9. The SMILES string of the molecule is CC(C)(CCC(=O)O)NC(=O)C1CCN(C(=O)CCc2ccccc2)CC1. The highest BCUT2D eigenvalue weighted by Crippen LogP contribution is 2.21. The summed E-state index contributed by atoms with van der Waals surface area (Å²) in [5.74, 6) is -0.881. The maximum absolute atomic E-state index is 12.5. The van der Waals surface area contributed by atoms with Gasteiger partial charge >= 0.3 is 5.97 Å². The molecule has 148 valence electrons. The number of aryl methyl sites for hydroxylation is 1. The third kappa shape index (κ3) is 7.04. The van der Waals surface area contributed by atoms with Crippen LogP contribution in [0.25, 0.3) is 0 Å². The number of carboxylic acid groups (broad SMARTS) is 1. The molecule has 6 heteroatoms. The molecule has 0 bridgehead atoms. The summed E-state index contributed by atoms with van der Waals surface area (Å²) in [6.45, 7) is 4.88. The van der Waals surface area contributed by atoms with Gasteiger partial charge in [0.1, 0.15) is 0 Å². The monoisotopic (exact) mass is 374 g/mol. The van der Waals surface area contributed by atoms with Gasteiger partial charge in [-0.25, -0.2) is 0 Å². The van der Waals surface area contributed by atoms with E-state index in [-0.39, 0.29) is 24.2 Å². The number of nitrogens with zero attached hydrogens (tertiary/aromatic N) is 1. The molecule has 1 aromatic rings. The Labute approximate surface area is 160 Å². The molecule has 0 aromatic heterocycles. The van der Waals surface area contributed by atoms with E-state index < -0.39 is 11.5 Å². The van der Waals surface area contributed by atoms with Gasteiger partial charge < -0.3 is 15.3 Å². The molecule has 0 aliphatic carbocycles. The second kappa shape index (κ2) is 9.53. The van der Waals surface area contributed by atoms with Crippen LogP contribution in [-0.2, 0) is 20.8 Å². The van der Waals surface area contributed by atoms with Crippen LogP contribution >= 0.6 is 0 Å². The Kier molecular flexibility index (Phi) is 7.39. The zero-order valence-corrected chi connectivity index (χ0v) is 16.2. The minimum Gasteiger partial charge on any atom is -0.481 e. The van der Waals surface area contributed by atoms with E-state index in [4.69, 9.17) is 5.11 Å². The van der Waals surface area contributed by atoms with Crippen LogP contribution in [0.15, 0.2) is 30.3 Å². The molecule has 2 amide bonds. The van der Waals surface area contributed by atoms with Gasteiger partial charge in [0.2, 0.25) is 11.8 Å². The van der Waals surface area contributed by atoms with Crippen molar-refractivity contribution in [2.45, 2.75) is 57.9 Å². The number of piperidine rings is 1. The normalized spacial score (nSPS) is 15.4. The fraction of sp³-hybridized carbons (Fsp3) is 0.571. The Balaban J connectivity index is 1.74. The van der Waals surface area contributed by atoms with Gasteiger partial charge in [0.05, 0.1) is 0 Å². The van der Waals surface area contributed by atoms with E-state index in [0.29, 0.717) is 38.8 Å². The van der Waals surface area contributed by atoms with Crippen LogP contribution in [0.3, 0.4) is 0 Å². The standard InChI is InChI=1S/C21H30N2O4/c1-21(2,13-10-19(25)26)22-20(27)17-11-14-23(15-12-17)18(24)9-8-16-6-4-3-5-7-16/h3-7,17H,8-15H2,1-2H3,(H,22,27)(H,25,26). The van der Waals surface area contributed by atoms with E-state index in [2.05, 4.69) is 5.32 Å². The molecule has 1 fully saturated rings. The van der Waals surface area contributed by atoms with Crippen LogP contribution in [0.4, 0.5) is 0 Å². The first-order valence-corrected chi connectivity index (χ1v) is 9.62. The molecule has 1 saturated heterocycles. The second-order valence-corrected chi connectivity index (χ2v) is 7.91. The Morgan fingerprint density at radius 2 is 1.74 bits per heavy atom. The Morgan fingerprint density at radius 1 is 1.11 bits per heavy atom. The molecule has 1 aromatic carbocycles. The van der Waals surface area contributed by atoms with Gasteiger partial charge in [0.25, 0.3) is 0 Å². The van der Waals surface area contributed by atoms with Crippen molar-refractivity contribution in [3.8, 4) is 0 Å². The maximum atomic E-state index is 12.5. The number of hydrogen-bond acceptors (Lipinski definition) is 3. The van der Waals surface area contributed by atoms with Gasteiger partial charge in [0.15, 0.2) is 0 Å². The van der Waals surface area contributed by atoms with E-state index in [1.807, 2.05) is 49.1 Å². The number of nitrogens with one attached hydrogen (secondary N) is 1. The van der Waals surface area contributed by atoms with E-state index in [9.17, 15) is 14.4 Å². The lowest BCUT2D eigenvalue weighted by Crippen LogP contribution is -2.49. The zero-order valence-electron chi connectivity index (χ0n) is 16.2. The van der Waals surface area contributed by atoms with Crippen LogP contribution in [0.1, 0.15) is 51.5 Å². The molecule has 0 spiro atoms. The number of carbonyl (C=O) groups is 3. The van der Waals surface area contributed by atoms with Crippen molar-refractivity contribution in [2.24, 2.45) is 5.92 Å². The molecule has 0 unspecified atom stereocenters. The van der Waals surface area contributed by atoms with Crippen LogP contribution in [0.5, 0.6) is 0 Å². The van der Waals surface area contributed by atoms with Gasteiger partial charge in [-0.2, -0.15) is 0 Å². The Bertz CT molecular complexity index is 649. The number of hydrogen-bond donors (Lipinski definition) is 2. The van der Waals surface area contributed by atoms with E-state index in [1.54, 1.807) is 0 Å². The summed E-state index contributed by atoms with van der Waals surface area (Å²) in [5, 5.41) is 11.8. The third-order valence-electron chi connectivity index (χ3n) is 5.11. The first-order chi connectivity index (χ1) is 12.8. The fourth-order valence-corrected chi connectivity index (χ4v) is 3.36. The predicted octanol–water partition coefficient (Wildman–Crippen LogP) is 2.62. The molecular formula is C21H30N2O4. The average Bonchev–Trinajstić information content (AvgIpc) is 2.65. The zero-order chi connectivity index (χ0) is 19.9. The number of carboxylic acids is 1. The Hall–Kier alpha value is -2.37. The highest BCUT2D eigenvalue weighted by Gasteiger charge is 2.30. The smallest absolute Gasteiger partial charge is 0.303 e. The van der Waals surface area contributed by atoms with E-state index in [1.165, 1.54) is 0 Å². The number of benzene rings is 1. The van der Waals surface area contributed by atoms with Gasteiger partial charge in [0, 0.05) is 37.4 Å². The number of rotatable bonds is 8.